The van der Waals surface area contributed by atoms with E-state index >= 15 is 0 Å². The van der Waals surface area contributed by atoms with Gasteiger partial charge in [-0.15, -0.1) is 0 Å². The molecule has 2 aliphatic heterocycles. The third kappa shape index (κ3) is 1.57. The Kier molecular flexibility index (Phi) is 2.28. The Hall–Kier alpha value is -0.570. The van der Waals surface area contributed by atoms with Gasteiger partial charge < -0.3 is 10.2 Å². The van der Waals surface area contributed by atoms with Crippen molar-refractivity contribution in [3.8, 4) is 0 Å². The predicted octanol–water partition coefficient (Wildman–Crippen LogP) is 0.320. The highest BCUT2D eigenvalue weighted by molar-refractivity contribution is 5.78. The van der Waals surface area contributed by atoms with Gasteiger partial charge >= 0.3 is 0 Å². The van der Waals surface area contributed by atoms with E-state index in [-0.39, 0.29) is 5.92 Å². The fourth-order valence-electron chi connectivity index (χ4n) is 2.40. The molecule has 0 aromatic carbocycles. The molecule has 0 saturated carbocycles. The van der Waals surface area contributed by atoms with Crippen LogP contribution in [0, 0.1) is 17.8 Å². The second kappa shape index (κ2) is 3.29. The zero-order valence-electron chi connectivity index (χ0n) is 8.42. The van der Waals surface area contributed by atoms with Crippen LogP contribution in [0.3, 0.4) is 0 Å². The fraction of sp³-hybridized carbons (Fsp3) is 0.900. The molecule has 0 bridgehead atoms. The van der Waals surface area contributed by atoms with E-state index in [1.165, 1.54) is 0 Å². The van der Waals surface area contributed by atoms with Crippen molar-refractivity contribution >= 4 is 5.91 Å². The monoisotopic (exact) mass is 182 g/mol. The molecule has 0 radical (unpaired) electrons. The van der Waals surface area contributed by atoms with Crippen LogP contribution in [0.15, 0.2) is 0 Å². The number of hydrogen-bond acceptors (Lipinski definition) is 2. The van der Waals surface area contributed by atoms with Gasteiger partial charge in [-0.05, 0) is 11.8 Å². The summed E-state index contributed by atoms with van der Waals surface area (Å²) in [6.45, 7) is 8.13. The summed E-state index contributed by atoms with van der Waals surface area (Å²) in [7, 11) is 0. The summed E-state index contributed by atoms with van der Waals surface area (Å²) in [4.78, 5) is 13.7. The molecule has 1 amide bonds. The van der Waals surface area contributed by atoms with Crippen LogP contribution in [0.2, 0.25) is 0 Å². The summed E-state index contributed by atoms with van der Waals surface area (Å²) in [5.41, 5.74) is 0. The lowest BCUT2D eigenvalue weighted by atomic mass is 10.0. The molecule has 2 atom stereocenters. The number of amides is 1. The second-order valence-corrected chi connectivity index (χ2v) is 4.58. The van der Waals surface area contributed by atoms with Gasteiger partial charge in [0, 0.05) is 32.1 Å². The third-order valence-electron chi connectivity index (χ3n) is 3.20. The lowest BCUT2D eigenvalue weighted by Gasteiger charge is -2.19. The molecule has 2 fully saturated rings. The van der Waals surface area contributed by atoms with E-state index in [4.69, 9.17) is 0 Å². The smallest absolute Gasteiger partial charge is 0.225 e. The summed E-state index contributed by atoms with van der Waals surface area (Å²) in [5.74, 6) is 1.94. The minimum absolute atomic E-state index is 0.159. The summed E-state index contributed by atoms with van der Waals surface area (Å²) in [5, 5.41) is 3.38. The zero-order valence-corrected chi connectivity index (χ0v) is 8.42. The van der Waals surface area contributed by atoms with Crippen LogP contribution in [0.25, 0.3) is 0 Å². The van der Waals surface area contributed by atoms with Crippen LogP contribution in [0.1, 0.15) is 13.8 Å². The normalized spacial score (nSPS) is 32.7. The van der Waals surface area contributed by atoms with Crippen molar-refractivity contribution in [2.75, 3.05) is 26.2 Å². The molecule has 2 unspecified atom stereocenters. The molecule has 1 N–H and O–H groups in total. The summed E-state index contributed by atoms with van der Waals surface area (Å²) < 4.78 is 0. The van der Waals surface area contributed by atoms with E-state index in [9.17, 15) is 4.79 Å². The molecular weight excluding hydrogens is 164 g/mol. The molecule has 13 heavy (non-hydrogen) atoms. The molecule has 74 valence electrons. The van der Waals surface area contributed by atoms with Crippen molar-refractivity contribution in [2.45, 2.75) is 13.8 Å². The predicted molar refractivity (Wildman–Crippen MR) is 51.3 cm³/mol. The minimum atomic E-state index is 0.159. The number of likely N-dealkylation sites (tertiary alicyclic amines) is 1. The first-order valence-corrected chi connectivity index (χ1v) is 5.18. The number of nitrogens with one attached hydrogen (secondary N) is 1. The van der Waals surface area contributed by atoms with Gasteiger partial charge in [0.25, 0.3) is 0 Å². The lowest BCUT2D eigenvalue weighted by Crippen LogP contribution is -2.34. The molecule has 0 aliphatic carbocycles. The SMILES string of the molecule is CC(C)C(=O)N1CC2CNCC2C1. The van der Waals surface area contributed by atoms with Crippen LogP contribution in [-0.2, 0) is 4.79 Å². The zero-order chi connectivity index (χ0) is 9.42. The summed E-state index contributed by atoms with van der Waals surface area (Å²) in [6, 6.07) is 0. The highest BCUT2D eigenvalue weighted by Gasteiger charge is 2.38. The first kappa shape index (κ1) is 9.00. The van der Waals surface area contributed by atoms with Crippen molar-refractivity contribution < 1.29 is 4.79 Å². The van der Waals surface area contributed by atoms with Gasteiger partial charge in [-0.1, -0.05) is 13.8 Å². The van der Waals surface area contributed by atoms with E-state index in [2.05, 4.69) is 5.32 Å². The Balaban J connectivity index is 1.95. The van der Waals surface area contributed by atoms with Crippen molar-refractivity contribution in [3.05, 3.63) is 0 Å². The van der Waals surface area contributed by atoms with Crippen LogP contribution in [-0.4, -0.2) is 37.0 Å². The maximum Gasteiger partial charge on any atom is 0.225 e. The number of hydrogen-bond donors (Lipinski definition) is 1. The van der Waals surface area contributed by atoms with E-state index in [0.717, 1.165) is 38.0 Å². The second-order valence-electron chi connectivity index (χ2n) is 4.58. The number of rotatable bonds is 1. The molecule has 3 heteroatoms. The maximum atomic E-state index is 11.7. The van der Waals surface area contributed by atoms with E-state index < -0.39 is 0 Å². The van der Waals surface area contributed by atoms with Crippen molar-refractivity contribution in [2.24, 2.45) is 17.8 Å². The van der Waals surface area contributed by atoms with Gasteiger partial charge in [0.2, 0.25) is 5.91 Å². The summed E-state index contributed by atoms with van der Waals surface area (Å²) >= 11 is 0. The minimum Gasteiger partial charge on any atom is -0.342 e. The largest absolute Gasteiger partial charge is 0.342 e. The van der Waals surface area contributed by atoms with Gasteiger partial charge in [0.1, 0.15) is 0 Å². The Morgan fingerprint density at radius 3 is 2.31 bits per heavy atom. The van der Waals surface area contributed by atoms with Crippen molar-refractivity contribution in [1.29, 1.82) is 0 Å². The maximum absolute atomic E-state index is 11.7. The molecule has 2 heterocycles. The average molecular weight is 182 g/mol. The first-order valence-electron chi connectivity index (χ1n) is 5.18. The highest BCUT2D eigenvalue weighted by Crippen LogP contribution is 2.27. The highest BCUT2D eigenvalue weighted by atomic mass is 16.2. The number of carbonyl (C=O) groups is 1. The summed E-state index contributed by atoms with van der Waals surface area (Å²) in [6.07, 6.45) is 0. The first-order chi connectivity index (χ1) is 6.18. The molecule has 3 nitrogen and oxygen atoms in total. The molecule has 2 saturated heterocycles. The van der Waals surface area contributed by atoms with Gasteiger partial charge in [0.15, 0.2) is 0 Å². The Morgan fingerprint density at radius 2 is 1.85 bits per heavy atom. The lowest BCUT2D eigenvalue weighted by molar-refractivity contribution is -0.133. The van der Waals surface area contributed by atoms with Crippen molar-refractivity contribution in [3.63, 3.8) is 0 Å². The average Bonchev–Trinajstić information content (AvgIpc) is 2.59. The molecule has 2 aliphatic rings. The topological polar surface area (TPSA) is 32.3 Å². The molecule has 0 spiro atoms. The van der Waals surface area contributed by atoms with Gasteiger partial charge in [-0.25, -0.2) is 0 Å². The van der Waals surface area contributed by atoms with Crippen LogP contribution >= 0.6 is 0 Å². The van der Waals surface area contributed by atoms with Gasteiger partial charge in [-0.2, -0.15) is 0 Å². The third-order valence-corrected chi connectivity index (χ3v) is 3.20. The van der Waals surface area contributed by atoms with E-state index in [1.54, 1.807) is 0 Å². The van der Waals surface area contributed by atoms with E-state index in [1.807, 2.05) is 18.7 Å². The van der Waals surface area contributed by atoms with Gasteiger partial charge in [-0.3, -0.25) is 4.79 Å². The molecule has 0 aromatic heterocycles. The standard InChI is InChI=1S/C10H18N2O/c1-7(2)10(13)12-5-8-3-11-4-9(8)6-12/h7-9,11H,3-6H2,1-2H3. The van der Waals surface area contributed by atoms with E-state index in [0.29, 0.717) is 5.91 Å². The molecule has 2 rings (SSSR count). The van der Waals surface area contributed by atoms with Crippen LogP contribution in [0.5, 0.6) is 0 Å². The van der Waals surface area contributed by atoms with Crippen LogP contribution < -0.4 is 5.32 Å². The fourth-order valence-corrected chi connectivity index (χ4v) is 2.40. The number of carbonyl (C=O) groups excluding carboxylic acids is 1. The molecule has 0 aromatic rings. The Bertz CT molecular complexity index is 203. The number of fused-ring (bicyclic) bond motifs is 1. The van der Waals surface area contributed by atoms with Gasteiger partial charge in [0.05, 0.1) is 0 Å². The Labute approximate surface area is 79.5 Å². The molecular formula is C10H18N2O. The van der Waals surface area contributed by atoms with Crippen molar-refractivity contribution in [1.82, 2.24) is 10.2 Å². The Morgan fingerprint density at radius 1 is 1.31 bits per heavy atom. The quantitative estimate of drug-likeness (QED) is 0.633. The number of nitrogens with zero attached hydrogens (tertiary/aromatic N) is 1. The van der Waals surface area contributed by atoms with Crippen LogP contribution in [0.4, 0.5) is 0 Å².